The van der Waals surface area contributed by atoms with E-state index < -0.39 is 10.0 Å². The van der Waals surface area contributed by atoms with Crippen LogP contribution in [-0.4, -0.2) is 14.5 Å². The van der Waals surface area contributed by atoms with Crippen molar-refractivity contribution in [2.24, 2.45) is 5.73 Å². The van der Waals surface area contributed by atoms with Crippen molar-refractivity contribution in [2.45, 2.75) is 30.8 Å². The summed E-state index contributed by atoms with van der Waals surface area (Å²) in [6.45, 7) is 1.98. The molecule has 2 aromatic rings. The summed E-state index contributed by atoms with van der Waals surface area (Å²) in [4.78, 5) is 0.230. The van der Waals surface area contributed by atoms with E-state index in [1.165, 1.54) is 0 Å². The molecule has 6 heteroatoms. The maximum atomic E-state index is 12.4. The van der Waals surface area contributed by atoms with E-state index in [9.17, 15) is 8.42 Å². The molecular formula is C14H18N2O3S. The zero-order valence-corrected chi connectivity index (χ0v) is 12.1. The van der Waals surface area contributed by atoms with Crippen molar-refractivity contribution < 1.29 is 12.8 Å². The van der Waals surface area contributed by atoms with Gasteiger partial charge in [0, 0.05) is 19.0 Å². The fourth-order valence-electron chi connectivity index (χ4n) is 2.04. The maximum absolute atomic E-state index is 12.4. The second-order valence-electron chi connectivity index (χ2n) is 4.62. The molecule has 1 aromatic carbocycles. The first kappa shape index (κ1) is 14.8. The third-order valence-electron chi connectivity index (χ3n) is 2.93. The number of benzene rings is 1. The standard InChI is InChI=1S/C14H18N2O3S/c1-11(9-13-6-4-8-19-13)16-20(17,18)14-7-3-2-5-12(14)10-15/h2-8,11,16H,9-10,15H2,1H3. The lowest BCUT2D eigenvalue weighted by Gasteiger charge is -2.15. The van der Waals surface area contributed by atoms with Crippen LogP contribution in [0.25, 0.3) is 0 Å². The Morgan fingerprint density at radius 2 is 2.00 bits per heavy atom. The second-order valence-corrected chi connectivity index (χ2v) is 6.30. The molecule has 0 aliphatic rings. The first-order valence-electron chi connectivity index (χ1n) is 6.35. The van der Waals surface area contributed by atoms with Crippen molar-refractivity contribution >= 4 is 10.0 Å². The van der Waals surface area contributed by atoms with Crippen LogP contribution in [0.5, 0.6) is 0 Å². The van der Waals surface area contributed by atoms with E-state index in [1.807, 2.05) is 6.07 Å². The van der Waals surface area contributed by atoms with Crippen LogP contribution >= 0.6 is 0 Å². The van der Waals surface area contributed by atoms with Gasteiger partial charge in [-0.15, -0.1) is 0 Å². The number of hydrogen-bond donors (Lipinski definition) is 2. The summed E-state index contributed by atoms with van der Waals surface area (Å²) in [5, 5.41) is 0. The summed E-state index contributed by atoms with van der Waals surface area (Å²) in [7, 11) is -3.58. The Morgan fingerprint density at radius 3 is 2.65 bits per heavy atom. The predicted molar refractivity (Wildman–Crippen MR) is 76.5 cm³/mol. The minimum Gasteiger partial charge on any atom is -0.469 e. The highest BCUT2D eigenvalue weighted by Gasteiger charge is 2.20. The molecule has 1 atom stereocenters. The average molecular weight is 294 g/mol. The van der Waals surface area contributed by atoms with Gasteiger partial charge in [-0.05, 0) is 30.7 Å². The molecule has 0 radical (unpaired) electrons. The van der Waals surface area contributed by atoms with Crippen LogP contribution in [0, 0.1) is 0 Å². The van der Waals surface area contributed by atoms with Crippen LogP contribution in [0.15, 0.2) is 52.0 Å². The van der Waals surface area contributed by atoms with Gasteiger partial charge in [-0.1, -0.05) is 18.2 Å². The minimum atomic E-state index is -3.58. The van der Waals surface area contributed by atoms with Crippen molar-refractivity contribution in [3.63, 3.8) is 0 Å². The number of nitrogens with two attached hydrogens (primary N) is 1. The van der Waals surface area contributed by atoms with Crippen molar-refractivity contribution in [1.29, 1.82) is 0 Å². The Balaban J connectivity index is 2.14. The second kappa shape index (κ2) is 6.21. The van der Waals surface area contributed by atoms with Crippen molar-refractivity contribution in [3.8, 4) is 0 Å². The molecule has 0 saturated heterocycles. The quantitative estimate of drug-likeness (QED) is 0.848. The summed E-state index contributed by atoms with van der Waals surface area (Å²) < 4.78 is 32.6. The SMILES string of the molecule is CC(Cc1ccco1)NS(=O)(=O)c1ccccc1CN. The molecule has 5 nitrogen and oxygen atoms in total. The third kappa shape index (κ3) is 3.47. The summed E-state index contributed by atoms with van der Waals surface area (Å²) in [6.07, 6.45) is 2.07. The fourth-order valence-corrected chi connectivity index (χ4v) is 3.53. The number of nitrogens with one attached hydrogen (secondary N) is 1. The topological polar surface area (TPSA) is 85.3 Å². The maximum Gasteiger partial charge on any atom is 0.241 e. The van der Waals surface area contributed by atoms with Crippen LogP contribution in [0.3, 0.4) is 0 Å². The molecule has 20 heavy (non-hydrogen) atoms. The minimum absolute atomic E-state index is 0.184. The first-order valence-corrected chi connectivity index (χ1v) is 7.84. The zero-order valence-electron chi connectivity index (χ0n) is 11.2. The van der Waals surface area contributed by atoms with Crippen LogP contribution < -0.4 is 10.5 Å². The summed E-state index contributed by atoms with van der Waals surface area (Å²) in [5.74, 6) is 0.743. The van der Waals surface area contributed by atoms with Gasteiger partial charge in [0.15, 0.2) is 0 Å². The van der Waals surface area contributed by atoms with Crippen molar-refractivity contribution in [1.82, 2.24) is 4.72 Å². The molecule has 1 aromatic heterocycles. The summed E-state index contributed by atoms with van der Waals surface area (Å²) in [6, 6.07) is 10.1. The van der Waals surface area contributed by atoms with E-state index in [2.05, 4.69) is 4.72 Å². The summed E-state index contributed by atoms with van der Waals surface area (Å²) in [5.41, 5.74) is 6.18. The summed E-state index contributed by atoms with van der Waals surface area (Å²) >= 11 is 0. The molecule has 1 unspecified atom stereocenters. The molecule has 0 amide bonds. The largest absolute Gasteiger partial charge is 0.469 e. The molecule has 0 spiro atoms. The molecule has 1 heterocycles. The van der Waals surface area contributed by atoms with Crippen molar-refractivity contribution in [3.05, 3.63) is 54.0 Å². The van der Waals surface area contributed by atoms with Gasteiger partial charge >= 0.3 is 0 Å². The van der Waals surface area contributed by atoms with Gasteiger partial charge < -0.3 is 10.2 Å². The van der Waals surface area contributed by atoms with E-state index in [0.717, 1.165) is 5.76 Å². The van der Waals surface area contributed by atoms with Gasteiger partial charge in [0.2, 0.25) is 10.0 Å². The molecule has 108 valence electrons. The van der Waals surface area contributed by atoms with Crippen LogP contribution in [-0.2, 0) is 23.0 Å². The van der Waals surface area contributed by atoms with Gasteiger partial charge in [0.25, 0.3) is 0 Å². The molecule has 0 aliphatic carbocycles. The molecule has 2 rings (SSSR count). The Hall–Kier alpha value is -1.63. The lowest BCUT2D eigenvalue weighted by molar-refractivity contribution is 0.479. The Bertz CT molecular complexity index is 651. The fraction of sp³-hybridized carbons (Fsp3) is 0.286. The normalized spacial score (nSPS) is 13.3. The zero-order chi connectivity index (χ0) is 14.6. The van der Waals surface area contributed by atoms with E-state index in [0.29, 0.717) is 12.0 Å². The van der Waals surface area contributed by atoms with E-state index in [1.54, 1.807) is 43.5 Å². The molecule has 3 N–H and O–H groups in total. The number of furan rings is 1. The van der Waals surface area contributed by atoms with Gasteiger partial charge in [-0.2, -0.15) is 0 Å². The van der Waals surface area contributed by atoms with E-state index in [4.69, 9.17) is 10.2 Å². The Labute approximate surface area is 118 Å². The smallest absolute Gasteiger partial charge is 0.241 e. The van der Waals surface area contributed by atoms with Crippen molar-refractivity contribution in [2.75, 3.05) is 0 Å². The monoisotopic (exact) mass is 294 g/mol. The molecule has 0 saturated carbocycles. The van der Waals surface area contributed by atoms with E-state index in [-0.39, 0.29) is 17.5 Å². The van der Waals surface area contributed by atoms with Crippen LogP contribution in [0.4, 0.5) is 0 Å². The van der Waals surface area contributed by atoms with Gasteiger partial charge in [0.1, 0.15) is 5.76 Å². The number of hydrogen-bond acceptors (Lipinski definition) is 4. The molecule has 0 fully saturated rings. The van der Waals surface area contributed by atoms with Gasteiger partial charge in [0.05, 0.1) is 11.2 Å². The highest BCUT2D eigenvalue weighted by Crippen LogP contribution is 2.15. The van der Waals surface area contributed by atoms with Gasteiger partial charge in [-0.3, -0.25) is 0 Å². The van der Waals surface area contributed by atoms with Crippen LogP contribution in [0.2, 0.25) is 0 Å². The lowest BCUT2D eigenvalue weighted by atomic mass is 10.2. The Kier molecular flexibility index (Phi) is 4.59. The number of sulfonamides is 1. The highest BCUT2D eigenvalue weighted by atomic mass is 32.2. The number of rotatable bonds is 6. The molecule has 0 aliphatic heterocycles. The first-order chi connectivity index (χ1) is 9.53. The van der Waals surface area contributed by atoms with E-state index >= 15 is 0 Å². The third-order valence-corrected chi connectivity index (χ3v) is 4.62. The predicted octanol–water partition coefficient (Wildman–Crippen LogP) is 1.65. The average Bonchev–Trinajstić information content (AvgIpc) is 2.90. The molecular weight excluding hydrogens is 276 g/mol. The highest BCUT2D eigenvalue weighted by molar-refractivity contribution is 7.89. The Morgan fingerprint density at radius 1 is 1.25 bits per heavy atom. The molecule has 0 bridgehead atoms. The lowest BCUT2D eigenvalue weighted by Crippen LogP contribution is -2.34. The van der Waals surface area contributed by atoms with Gasteiger partial charge in [-0.25, -0.2) is 13.1 Å². The van der Waals surface area contributed by atoms with Crippen LogP contribution in [0.1, 0.15) is 18.2 Å².